The Bertz CT molecular complexity index is 2580. The third kappa shape index (κ3) is 8.48. The van der Waals surface area contributed by atoms with Crippen molar-refractivity contribution in [1.29, 1.82) is 0 Å². The molecule has 0 spiro atoms. The standard InChI is InChI=1S/C43H45F2N11O7/c1-52(15-4-18-62-17-3-14-46-31-6-2-5-29-36(31)43(61)56(42(29)60)33-11-12-35(57)50-41(33)59)21-25-7-9-26(10-8-25)55-23-32(37(51-55)38(44)45)48-40(58)30-20-47-54-16-13-34(49-39(30)54)53-22-28-19-27(53)24-63-28/h2,5-10,13,16,20,23,27-28,33,38,46H,3-4,11-12,14-15,17-19,21-22,24H2,1H3,(H,48,58)(H,50,57,59)/t27-,28-,33?/m1/s1. The lowest BCUT2D eigenvalue weighted by Crippen LogP contribution is -2.54. The number of carbonyl (C=O) groups is 5. The van der Waals surface area contributed by atoms with Crippen LogP contribution < -0.4 is 20.9 Å². The molecule has 63 heavy (non-hydrogen) atoms. The Hall–Kier alpha value is -6.64. The first-order valence-electron chi connectivity index (χ1n) is 20.9. The minimum atomic E-state index is -2.94. The number of imide groups is 2. The highest BCUT2D eigenvalue weighted by Crippen LogP contribution is 2.34. The van der Waals surface area contributed by atoms with Crippen molar-refractivity contribution in [3.63, 3.8) is 0 Å². The topological polar surface area (TPSA) is 198 Å². The molecule has 0 saturated carbocycles. The summed E-state index contributed by atoms with van der Waals surface area (Å²) in [5.41, 5.74) is 2.27. The van der Waals surface area contributed by atoms with Gasteiger partial charge in [-0.2, -0.15) is 10.2 Å². The quantitative estimate of drug-likeness (QED) is 0.0902. The average molecular weight is 866 g/mol. The van der Waals surface area contributed by atoms with Gasteiger partial charge in [0.05, 0.1) is 53.6 Å². The van der Waals surface area contributed by atoms with E-state index in [-0.39, 0.29) is 47.4 Å². The number of aromatic nitrogens is 5. The van der Waals surface area contributed by atoms with Crippen LogP contribution in [0.3, 0.4) is 0 Å². The maximum absolute atomic E-state index is 14.2. The fourth-order valence-electron chi connectivity index (χ4n) is 8.57. The number of piperidine rings is 1. The molecule has 3 N–H and O–H groups in total. The van der Waals surface area contributed by atoms with E-state index in [2.05, 4.69) is 35.9 Å². The first-order valence-corrected chi connectivity index (χ1v) is 20.9. The number of benzene rings is 2. The molecular formula is C43H45F2N11O7. The number of amides is 5. The molecule has 0 aliphatic carbocycles. The number of fused-ring (bicyclic) bond motifs is 4. The second-order valence-corrected chi connectivity index (χ2v) is 16.1. The first kappa shape index (κ1) is 41.7. The SMILES string of the molecule is CN(CCCOCCCNc1cccc2c1C(=O)N(C1CCC(=O)NC1=O)C2=O)Cc1ccc(-n2cc(NC(=O)c3cnn4ccc(N5C[C@H]6C[C@@H]5CO6)nc34)c(C(F)F)n2)cc1. The third-order valence-electron chi connectivity index (χ3n) is 11.7. The zero-order valence-corrected chi connectivity index (χ0v) is 34.3. The zero-order valence-electron chi connectivity index (χ0n) is 34.3. The molecule has 328 valence electrons. The molecule has 4 aliphatic heterocycles. The number of carbonyl (C=O) groups excluding carboxylic acids is 5. The number of hydrogen-bond acceptors (Lipinski definition) is 13. The van der Waals surface area contributed by atoms with E-state index in [1.807, 2.05) is 25.2 Å². The summed E-state index contributed by atoms with van der Waals surface area (Å²) in [4.78, 5) is 73.8. The molecule has 1 unspecified atom stereocenters. The van der Waals surface area contributed by atoms with Crippen molar-refractivity contribution in [2.75, 3.05) is 62.0 Å². The van der Waals surface area contributed by atoms with Crippen LogP contribution >= 0.6 is 0 Å². The predicted molar refractivity (Wildman–Crippen MR) is 223 cm³/mol. The van der Waals surface area contributed by atoms with Crippen molar-refractivity contribution in [2.24, 2.45) is 0 Å². The summed E-state index contributed by atoms with van der Waals surface area (Å²) in [6, 6.07) is 13.4. The molecule has 7 heterocycles. The molecule has 3 fully saturated rings. The highest BCUT2D eigenvalue weighted by molar-refractivity contribution is 6.25. The van der Waals surface area contributed by atoms with E-state index in [1.54, 1.807) is 36.5 Å². The molecule has 18 nitrogen and oxygen atoms in total. The summed E-state index contributed by atoms with van der Waals surface area (Å²) in [7, 11) is 1.99. The first-order chi connectivity index (χ1) is 30.5. The second kappa shape index (κ2) is 17.6. The van der Waals surface area contributed by atoms with Gasteiger partial charge < -0.3 is 29.9 Å². The molecule has 2 aromatic carbocycles. The lowest BCUT2D eigenvalue weighted by Gasteiger charge is -2.27. The van der Waals surface area contributed by atoms with Crippen LogP contribution in [-0.2, 0) is 25.6 Å². The fraction of sp³-hybridized carbons (Fsp3) is 0.395. The number of anilines is 3. The van der Waals surface area contributed by atoms with E-state index >= 15 is 0 Å². The Morgan fingerprint density at radius 2 is 1.87 bits per heavy atom. The number of nitrogens with one attached hydrogen (secondary N) is 3. The monoisotopic (exact) mass is 865 g/mol. The predicted octanol–water partition coefficient (Wildman–Crippen LogP) is 3.82. The van der Waals surface area contributed by atoms with Crippen LogP contribution in [0.5, 0.6) is 0 Å². The van der Waals surface area contributed by atoms with Gasteiger partial charge >= 0.3 is 0 Å². The lowest BCUT2D eigenvalue weighted by atomic mass is 10.0. The molecule has 0 radical (unpaired) electrons. The largest absolute Gasteiger partial charge is 0.384 e. The number of morpholine rings is 1. The van der Waals surface area contributed by atoms with E-state index in [4.69, 9.17) is 14.5 Å². The van der Waals surface area contributed by atoms with Crippen LogP contribution in [0.25, 0.3) is 11.3 Å². The summed E-state index contributed by atoms with van der Waals surface area (Å²) in [6.45, 7) is 4.23. The van der Waals surface area contributed by atoms with Crippen LogP contribution in [0, 0.1) is 0 Å². The van der Waals surface area contributed by atoms with Gasteiger partial charge in [0.1, 0.15) is 17.4 Å². The van der Waals surface area contributed by atoms with Gasteiger partial charge in [-0.3, -0.25) is 34.2 Å². The molecule has 3 aromatic heterocycles. The number of rotatable bonds is 17. The van der Waals surface area contributed by atoms with Crippen molar-refractivity contribution >= 4 is 52.4 Å². The second-order valence-electron chi connectivity index (χ2n) is 16.1. The van der Waals surface area contributed by atoms with E-state index in [9.17, 15) is 32.8 Å². The Labute approximate surface area is 359 Å². The number of halogens is 2. The Balaban J connectivity index is 0.719. The van der Waals surface area contributed by atoms with Gasteiger partial charge in [0.25, 0.3) is 24.1 Å². The zero-order chi connectivity index (χ0) is 43.8. The van der Waals surface area contributed by atoms with Crippen molar-refractivity contribution in [3.05, 3.63) is 95.1 Å². The minimum absolute atomic E-state index is 0.0540. The Morgan fingerprint density at radius 3 is 2.63 bits per heavy atom. The highest BCUT2D eigenvalue weighted by Gasteiger charge is 2.45. The van der Waals surface area contributed by atoms with E-state index in [1.165, 1.54) is 21.6 Å². The van der Waals surface area contributed by atoms with Gasteiger partial charge in [0, 0.05) is 57.7 Å². The molecule has 2 bridgehead atoms. The van der Waals surface area contributed by atoms with Crippen LogP contribution in [-0.4, -0.2) is 128 Å². The Kier molecular flexibility index (Phi) is 11.7. The molecule has 4 aliphatic rings. The summed E-state index contributed by atoms with van der Waals surface area (Å²) in [5.74, 6) is -2.11. The van der Waals surface area contributed by atoms with Crippen LogP contribution in [0.2, 0.25) is 0 Å². The number of nitrogens with zero attached hydrogens (tertiary/aromatic N) is 8. The molecule has 5 amide bonds. The molecule has 3 atom stereocenters. The molecule has 5 aromatic rings. The summed E-state index contributed by atoms with van der Waals surface area (Å²) in [5, 5.41) is 16.4. The average Bonchev–Trinajstić information content (AvgIpc) is 4.12. The number of alkyl halides is 2. The van der Waals surface area contributed by atoms with Gasteiger partial charge in [-0.1, -0.05) is 18.2 Å². The molecule has 9 rings (SSSR count). The van der Waals surface area contributed by atoms with Crippen LogP contribution in [0.1, 0.15) is 80.9 Å². The van der Waals surface area contributed by atoms with E-state index in [0.29, 0.717) is 68.7 Å². The van der Waals surface area contributed by atoms with E-state index < -0.39 is 47.7 Å². The van der Waals surface area contributed by atoms with Crippen molar-refractivity contribution in [3.8, 4) is 5.69 Å². The molecular weight excluding hydrogens is 821 g/mol. The minimum Gasteiger partial charge on any atom is -0.384 e. The number of hydrogen-bond donors (Lipinski definition) is 3. The molecule has 3 saturated heterocycles. The normalized spacial score (nSPS) is 19.5. The molecule has 20 heteroatoms. The van der Waals surface area contributed by atoms with Crippen molar-refractivity contribution < 1.29 is 42.2 Å². The third-order valence-corrected chi connectivity index (χ3v) is 11.7. The number of ether oxygens (including phenoxy) is 2. The highest BCUT2D eigenvalue weighted by atomic mass is 19.3. The van der Waals surface area contributed by atoms with Crippen LogP contribution in [0.4, 0.5) is 26.0 Å². The fourth-order valence-corrected chi connectivity index (χ4v) is 8.57. The Morgan fingerprint density at radius 1 is 1.05 bits per heavy atom. The van der Waals surface area contributed by atoms with Gasteiger partial charge in [-0.05, 0) is 68.6 Å². The maximum Gasteiger partial charge on any atom is 0.284 e. The van der Waals surface area contributed by atoms with Gasteiger partial charge in [-0.15, -0.1) is 0 Å². The lowest BCUT2D eigenvalue weighted by molar-refractivity contribution is -0.136. The van der Waals surface area contributed by atoms with Crippen molar-refractivity contribution in [2.45, 2.75) is 63.3 Å². The maximum atomic E-state index is 14.2. The van der Waals surface area contributed by atoms with Gasteiger partial charge in [-0.25, -0.2) is 23.0 Å². The summed E-state index contributed by atoms with van der Waals surface area (Å²) >= 11 is 0. The van der Waals surface area contributed by atoms with Gasteiger partial charge in [0.2, 0.25) is 11.8 Å². The van der Waals surface area contributed by atoms with Gasteiger partial charge in [0.15, 0.2) is 11.3 Å². The van der Waals surface area contributed by atoms with Crippen molar-refractivity contribution in [1.82, 2.24) is 39.5 Å². The summed E-state index contributed by atoms with van der Waals surface area (Å²) < 4.78 is 42.7. The summed E-state index contributed by atoms with van der Waals surface area (Å²) in [6.07, 6.45) is 4.19. The van der Waals surface area contributed by atoms with Crippen LogP contribution in [0.15, 0.2) is 67.1 Å². The van der Waals surface area contributed by atoms with E-state index in [0.717, 1.165) is 29.8 Å². The smallest absolute Gasteiger partial charge is 0.284 e.